The van der Waals surface area contributed by atoms with E-state index >= 15 is 0 Å². The number of benzene rings is 10. The van der Waals surface area contributed by atoms with Gasteiger partial charge in [0.05, 0.1) is 69.0 Å². The van der Waals surface area contributed by atoms with E-state index in [0.29, 0.717) is 67.3 Å². The SMILES string of the molecule is N#Cc1cccc(-c2cc(-c3cc(C#N)c(-c4ccc(-n5c6ccc(N(c7ccccc7)c7ccccc7)cc6c6cc(N(c7ccccc7)c7ccccc7)ccc65)cc4)c(C#N)c3)nc(-c3cccc(C#N)c3)n2)c1. The molecule has 0 radical (unpaired) electrons. The topological polar surface area (TPSA) is 132 Å². The maximum Gasteiger partial charge on any atom is 0.160 e. The lowest BCUT2D eigenvalue weighted by molar-refractivity contribution is 1.18. The molecule has 0 saturated carbocycles. The summed E-state index contributed by atoms with van der Waals surface area (Å²) >= 11 is 0. The molecule has 2 heterocycles. The van der Waals surface area contributed by atoms with Crippen LogP contribution in [0.5, 0.6) is 0 Å². The standard InChI is InChI=1S/C68H41N9/c69-42-46-15-13-17-49(35-46)63-41-64(74-68(73-63)50-18-14-16-47(36-50)43-70)51-37-52(44-71)67(53(38-51)45-72)48-27-29-58(30-28-48)77-65-33-31-59(75(54-19-5-1-6-20-54)55-21-7-2-8-22-55)39-61(65)62-40-60(32-34-66(62)77)76(56-23-9-3-10-24-56)57-25-11-4-12-26-57/h1-41H. The fraction of sp³-hybridized carbons (Fsp3) is 0. The Bertz CT molecular complexity index is 4040. The fourth-order valence-electron chi connectivity index (χ4n) is 10.2. The van der Waals surface area contributed by atoms with E-state index in [2.05, 4.69) is 172 Å². The molecule has 0 unspecified atom stereocenters. The lowest BCUT2D eigenvalue weighted by Gasteiger charge is -2.26. The average Bonchev–Trinajstić information content (AvgIpc) is 3.83. The number of hydrogen-bond donors (Lipinski definition) is 0. The van der Waals surface area contributed by atoms with Crippen molar-refractivity contribution < 1.29 is 0 Å². The molecule has 0 aliphatic rings. The van der Waals surface area contributed by atoms with Crippen LogP contribution in [0.25, 0.3) is 72.5 Å². The molecule has 9 heteroatoms. The van der Waals surface area contributed by atoms with Gasteiger partial charge in [0.25, 0.3) is 0 Å². The molecule has 0 N–H and O–H groups in total. The molecule has 10 aromatic carbocycles. The van der Waals surface area contributed by atoms with Crippen LogP contribution in [0.3, 0.4) is 0 Å². The van der Waals surface area contributed by atoms with Crippen LogP contribution in [-0.4, -0.2) is 14.5 Å². The molecule has 0 atom stereocenters. The van der Waals surface area contributed by atoms with Gasteiger partial charge >= 0.3 is 0 Å². The van der Waals surface area contributed by atoms with Gasteiger partial charge < -0.3 is 14.4 Å². The Morgan fingerprint density at radius 1 is 0.325 bits per heavy atom. The first kappa shape index (κ1) is 46.7. The molecular formula is C68H41N9. The number of para-hydroxylation sites is 4. The zero-order valence-corrected chi connectivity index (χ0v) is 41.2. The predicted octanol–water partition coefficient (Wildman–Crippen LogP) is 16.7. The normalized spacial score (nSPS) is 10.8. The molecular weight excluding hydrogens is 943 g/mol. The third-order valence-corrected chi connectivity index (χ3v) is 13.7. The van der Waals surface area contributed by atoms with Crippen molar-refractivity contribution in [2.75, 3.05) is 9.80 Å². The maximum atomic E-state index is 10.8. The molecule has 0 bridgehead atoms. The average molecular weight is 984 g/mol. The van der Waals surface area contributed by atoms with Gasteiger partial charge in [-0.1, -0.05) is 109 Å². The summed E-state index contributed by atoms with van der Waals surface area (Å²) in [5.41, 5.74) is 14.6. The van der Waals surface area contributed by atoms with E-state index in [0.717, 1.165) is 61.6 Å². The monoisotopic (exact) mass is 983 g/mol. The van der Waals surface area contributed by atoms with Gasteiger partial charge in [-0.25, -0.2) is 9.97 Å². The van der Waals surface area contributed by atoms with Crippen LogP contribution in [0.2, 0.25) is 0 Å². The van der Waals surface area contributed by atoms with E-state index in [1.54, 1.807) is 54.6 Å². The number of nitrogens with zero attached hydrogens (tertiary/aromatic N) is 9. The second kappa shape index (κ2) is 20.3. The maximum absolute atomic E-state index is 10.8. The second-order valence-corrected chi connectivity index (χ2v) is 18.3. The van der Waals surface area contributed by atoms with Crippen LogP contribution in [0.15, 0.2) is 249 Å². The van der Waals surface area contributed by atoms with Crippen molar-refractivity contribution in [2.45, 2.75) is 0 Å². The van der Waals surface area contributed by atoms with E-state index in [4.69, 9.17) is 9.97 Å². The fourth-order valence-corrected chi connectivity index (χ4v) is 10.2. The Kier molecular flexibility index (Phi) is 12.3. The van der Waals surface area contributed by atoms with Gasteiger partial charge in [-0.15, -0.1) is 0 Å². The summed E-state index contributed by atoms with van der Waals surface area (Å²) in [7, 11) is 0. The molecule has 0 aliphatic carbocycles. The summed E-state index contributed by atoms with van der Waals surface area (Å²) in [6, 6.07) is 91.5. The Balaban J connectivity index is 0.995. The first-order valence-electron chi connectivity index (χ1n) is 24.9. The molecule has 0 fully saturated rings. The Labute approximate surface area is 445 Å². The highest BCUT2D eigenvalue weighted by atomic mass is 15.1. The first-order chi connectivity index (χ1) is 38.0. The van der Waals surface area contributed by atoms with E-state index in [9.17, 15) is 21.0 Å². The third-order valence-electron chi connectivity index (χ3n) is 13.7. The molecule has 9 nitrogen and oxygen atoms in total. The zero-order valence-electron chi connectivity index (χ0n) is 41.2. The van der Waals surface area contributed by atoms with Crippen molar-refractivity contribution in [2.24, 2.45) is 0 Å². The van der Waals surface area contributed by atoms with Crippen LogP contribution >= 0.6 is 0 Å². The van der Waals surface area contributed by atoms with E-state index < -0.39 is 0 Å². The molecule has 0 spiro atoms. The van der Waals surface area contributed by atoms with Gasteiger partial charge in [0, 0.05) is 72.8 Å². The van der Waals surface area contributed by atoms with Gasteiger partial charge in [0.2, 0.25) is 0 Å². The van der Waals surface area contributed by atoms with Crippen molar-refractivity contribution in [3.63, 3.8) is 0 Å². The summed E-state index contributed by atoms with van der Waals surface area (Å²) in [6.07, 6.45) is 0. The van der Waals surface area contributed by atoms with Crippen LogP contribution in [0, 0.1) is 45.3 Å². The van der Waals surface area contributed by atoms with Gasteiger partial charge in [0.15, 0.2) is 5.82 Å². The number of fused-ring (bicyclic) bond motifs is 3. The van der Waals surface area contributed by atoms with E-state index in [1.165, 1.54) is 0 Å². The van der Waals surface area contributed by atoms with Crippen molar-refractivity contribution in [3.05, 3.63) is 271 Å². The summed E-state index contributed by atoms with van der Waals surface area (Å²) < 4.78 is 2.27. The van der Waals surface area contributed by atoms with Crippen LogP contribution < -0.4 is 9.80 Å². The lowest BCUT2D eigenvalue weighted by Crippen LogP contribution is -2.09. The minimum atomic E-state index is 0.297. The highest BCUT2D eigenvalue weighted by Gasteiger charge is 2.22. The number of nitriles is 4. The Hall–Kier alpha value is -11.4. The van der Waals surface area contributed by atoms with Crippen LogP contribution in [0.4, 0.5) is 34.1 Å². The Morgan fingerprint density at radius 3 is 1.19 bits per heavy atom. The van der Waals surface area contributed by atoms with E-state index in [-0.39, 0.29) is 0 Å². The molecule has 77 heavy (non-hydrogen) atoms. The smallest absolute Gasteiger partial charge is 0.160 e. The molecule has 12 aromatic rings. The number of aromatic nitrogens is 3. The van der Waals surface area contributed by atoms with Crippen molar-refractivity contribution in [1.82, 2.24) is 14.5 Å². The summed E-state index contributed by atoms with van der Waals surface area (Å²) in [5, 5.41) is 43.2. The van der Waals surface area contributed by atoms with Gasteiger partial charge in [0.1, 0.15) is 0 Å². The highest BCUT2D eigenvalue weighted by molar-refractivity contribution is 6.12. The molecule has 0 aliphatic heterocycles. The largest absolute Gasteiger partial charge is 0.310 e. The summed E-state index contributed by atoms with van der Waals surface area (Å²) in [5.74, 6) is 0.348. The van der Waals surface area contributed by atoms with Gasteiger partial charge in [-0.05, 0) is 145 Å². The first-order valence-corrected chi connectivity index (χ1v) is 24.9. The van der Waals surface area contributed by atoms with Gasteiger partial charge in [-0.3, -0.25) is 0 Å². The number of anilines is 6. The highest BCUT2D eigenvalue weighted by Crippen LogP contribution is 2.43. The molecule has 0 amide bonds. The molecule has 12 rings (SSSR count). The molecule has 358 valence electrons. The summed E-state index contributed by atoms with van der Waals surface area (Å²) in [4.78, 5) is 14.4. The number of hydrogen-bond acceptors (Lipinski definition) is 8. The third kappa shape index (κ3) is 8.92. The molecule has 2 aromatic heterocycles. The Morgan fingerprint density at radius 2 is 0.753 bits per heavy atom. The minimum Gasteiger partial charge on any atom is -0.310 e. The second-order valence-electron chi connectivity index (χ2n) is 18.3. The van der Waals surface area contributed by atoms with Crippen LogP contribution in [-0.2, 0) is 0 Å². The zero-order chi connectivity index (χ0) is 52.2. The minimum absolute atomic E-state index is 0.297. The van der Waals surface area contributed by atoms with Gasteiger partial charge in [-0.2, -0.15) is 21.0 Å². The van der Waals surface area contributed by atoms with Crippen molar-refractivity contribution >= 4 is 55.9 Å². The number of rotatable bonds is 11. The summed E-state index contributed by atoms with van der Waals surface area (Å²) in [6.45, 7) is 0. The van der Waals surface area contributed by atoms with E-state index in [1.807, 2.05) is 60.7 Å². The van der Waals surface area contributed by atoms with Crippen LogP contribution in [0.1, 0.15) is 22.3 Å². The van der Waals surface area contributed by atoms with Crippen molar-refractivity contribution in [3.8, 4) is 75.0 Å². The lowest BCUT2D eigenvalue weighted by atomic mass is 9.91. The predicted molar refractivity (Wildman–Crippen MR) is 306 cm³/mol. The quantitative estimate of drug-likeness (QED) is 0.125. The van der Waals surface area contributed by atoms with Crippen molar-refractivity contribution in [1.29, 1.82) is 21.0 Å². The molecule has 0 saturated heterocycles.